The molecule has 1 unspecified atom stereocenters. The summed E-state index contributed by atoms with van der Waals surface area (Å²) in [6.45, 7) is 4.20. The standard InChI is InChI=1S/C10H16N2/c1-3-10(12-11)9-6-4-8(2)5-7-9/h4-7,10,12H,3,11H2,1-2H3. The van der Waals surface area contributed by atoms with Gasteiger partial charge in [-0.3, -0.25) is 11.3 Å². The molecule has 66 valence electrons. The van der Waals surface area contributed by atoms with Gasteiger partial charge in [-0.2, -0.15) is 0 Å². The minimum absolute atomic E-state index is 0.283. The summed E-state index contributed by atoms with van der Waals surface area (Å²) in [5.74, 6) is 5.40. The summed E-state index contributed by atoms with van der Waals surface area (Å²) >= 11 is 0. The van der Waals surface area contributed by atoms with Gasteiger partial charge in [0.05, 0.1) is 0 Å². The van der Waals surface area contributed by atoms with Crippen LogP contribution in [0.25, 0.3) is 0 Å². The van der Waals surface area contributed by atoms with Crippen molar-refractivity contribution in [2.75, 3.05) is 0 Å². The van der Waals surface area contributed by atoms with Crippen LogP contribution in [0.1, 0.15) is 30.5 Å². The number of nitrogens with one attached hydrogen (secondary N) is 1. The largest absolute Gasteiger partial charge is 0.271 e. The normalized spacial score (nSPS) is 12.9. The summed E-state index contributed by atoms with van der Waals surface area (Å²) in [6, 6.07) is 8.72. The maximum Gasteiger partial charge on any atom is 0.0457 e. The van der Waals surface area contributed by atoms with Crippen LogP contribution >= 0.6 is 0 Å². The second-order valence-corrected chi connectivity index (χ2v) is 3.04. The molecule has 0 saturated carbocycles. The third-order valence-corrected chi connectivity index (χ3v) is 2.09. The number of benzene rings is 1. The first-order valence-corrected chi connectivity index (χ1v) is 4.30. The Balaban J connectivity index is 2.80. The quantitative estimate of drug-likeness (QED) is 0.529. The Kier molecular flexibility index (Phi) is 3.26. The van der Waals surface area contributed by atoms with Crippen LogP contribution in [-0.4, -0.2) is 0 Å². The molecule has 0 aliphatic carbocycles. The Bertz CT molecular complexity index is 224. The van der Waals surface area contributed by atoms with Gasteiger partial charge in [0.1, 0.15) is 0 Å². The molecular weight excluding hydrogens is 148 g/mol. The van der Waals surface area contributed by atoms with Crippen LogP contribution in [0.2, 0.25) is 0 Å². The predicted octanol–water partition coefficient (Wildman–Crippen LogP) is 1.91. The van der Waals surface area contributed by atoms with E-state index in [4.69, 9.17) is 5.84 Å². The highest BCUT2D eigenvalue weighted by molar-refractivity contribution is 5.23. The predicted molar refractivity (Wildman–Crippen MR) is 51.5 cm³/mol. The van der Waals surface area contributed by atoms with Crippen molar-refractivity contribution in [2.24, 2.45) is 5.84 Å². The van der Waals surface area contributed by atoms with Crippen LogP contribution in [0.15, 0.2) is 24.3 Å². The highest BCUT2D eigenvalue weighted by Gasteiger charge is 2.04. The van der Waals surface area contributed by atoms with E-state index in [1.165, 1.54) is 11.1 Å². The van der Waals surface area contributed by atoms with Crippen molar-refractivity contribution in [3.05, 3.63) is 35.4 Å². The van der Waals surface area contributed by atoms with Crippen LogP contribution < -0.4 is 11.3 Å². The highest BCUT2D eigenvalue weighted by atomic mass is 15.2. The van der Waals surface area contributed by atoms with E-state index in [1.807, 2.05) is 0 Å². The van der Waals surface area contributed by atoms with E-state index < -0.39 is 0 Å². The lowest BCUT2D eigenvalue weighted by molar-refractivity contribution is 0.539. The van der Waals surface area contributed by atoms with Gasteiger partial charge in [0.15, 0.2) is 0 Å². The first kappa shape index (κ1) is 9.23. The Morgan fingerprint density at radius 3 is 2.33 bits per heavy atom. The minimum atomic E-state index is 0.283. The number of hydrogen-bond donors (Lipinski definition) is 2. The zero-order valence-electron chi connectivity index (χ0n) is 7.67. The molecule has 0 fully saturated rings. The fourth-order valence-corrected chi connectivity index (χ4v) is 1.25. The molecule has 2 nitrogen and oxygen atoms in total. The van der Waals surface area contributed by atoms with Gasteiger partial charge in [-0.15, -0.1) is 0 Å². The fourth-order valence-electron chi connectivity index (χ4n) is 1.25. The van der Waals surface area contributed by atoms with Gasteiger partial charge >= 0.3 is 0 Å². The molecule has 1 atom stereocenters. The zero-order valence-corrected chi connectivity index (χ0v) is 7.67. The molecule has 0 aliphatic heterocycles. The van der Waals surface area contributed by atoms with Gasteiger partial charge in [0.25, 0.3) is 0 Å². The first-order valence-electron chi connectivity index (χ1n) is 4.30. The van der Waals surface area contributed by atoms with E-state index >= 15 is 0 Å². The summed E-state index contributed by atoms with van der Waals surface area (Å²) in [5.41, 5.74) is 5.33. The number of hydrazine groups is 1. The first-order chi connectivity index (χ1) is 5.77. The lowest BCUT2D eigenvalue weighted by Crippen LogP contribution is -2.27. The Morgan fingerprint density at radius 1 is 1.33 bits per heavy atom. The smallest absolute Gasteiger partial charge is 0.0457 e. The highest BCUT2D eigenvalue weighted by Crippen LogP contribution is 2.15. The second-order valence-electron chi connectivity index (χ2n) is 3.04. The van der Waals surface area contributed by atoms with Crippen molar-refractivity contribution in [3.63, 3.8) is 0 Å². The monoisotopic (exact) mass is 164 g/mol. The topological polar surface area (TPSA) is 38.0 Å². The van der Waals surface area contributed by atoms with Gasteiger partial charge in [0, 0.05) is 6.04 Å². The summed E-state index contributed by atoms with van der Waals surface area (Å²) in [5, 5.41) is 0. The Labute approximate surface area is 73.8 Å². The molecule has 0 aliphatic rings. The summed E-state index contributed by atoms with van der Waals surface area (Å²) in [7, 11) is 0. The molecule has 0 spiro atoms. The van der Waals surface area contributed by atoms with Crippen LogP contribution in [0, 0.1) is 6.92 Å². The zero-order chi connectivity index (χ0) is 8.97. The lowest BCUT2D eigenvalue weighted by atomic mass is 10.0. The molecule has 1 rings (SSSR count). The average molecular weight is 164 g/mol. The lowest BCUT2D eigenvalue weighted by Gasteiger charge is -2.13. The number of hydrogen-bond acceptors (Lipinski definition) is 2. The van der Waals surface area contributed by atoms with E-state index in [0.717, 1.165) is 6.42 Å². The molecule has 2 heteroatoms. The van der Waals surface area contributed by atoms with Gasteiger partial charge in [-0.05, 0) is 18.9 Å². The summed E-state index contributed by atoms with van der Waals surface area (Å²) in [4.78, 5) is 0. The second kappa shape index (κ2) is 4.24. The molecule has 0 amide bonds. The Morgan fingerprint density at radius 2 is 1.92 bits per heavy atom. The van der Waals surface area contributed by atoms with Crippen molar-refractivity contribution in [1.82, 2.24) is 5.43 Å². The van der Waals surface area contributed by atoms with Crippen LogP contribution in [0.4, 0.5) is 0 Å². The van der Waals surface area contributed by atoms with Crippen molar-refractivity contribution in [1.29, 1.82) is 0 Å². The van der Waals surface area contributed by atoms with E-state index in [1.54, 1.807) is 0 Å². The van der Waals surface area contributed by atoms with Crippen molar-refractivity contribution < 1.29 is 0 Å². The number of aryl methyl sites for hydroxylation is 1. The molecule has 0 saturated heterocycles. The maximum absolute atomic E-state index is 5.40. The third kappa shape index (κ3) is 2.06. The molecule has 0 heterocycles. The van der Waals surface area contributed by atoms with Crippen LogP contribution in [0.3, 0.4) is 0 Å². The molecule has 0 aromatic heterocycles. The molecular formula is C10H16N2. The van der Waals surface area contributed by atoms with E-state index in [0.29, 0.717) is 0 Å². The van der Waals surface area contributed by atoms with Gasteiger partial charge in [-0.25, -0.2) is 0 Å². The summed E-state index contributed by atoms with van der Waals surface area (Å²) < 4.78 is 0. The molecule has 12 heavy (non-hydrogen) atoms. The van der Waals surface area contributed by atoms with E-state index in [2.05, 4.69) is 43.5 Å². The van der Waals surface area contributed by atoms with Crippen molar-refractivity contribution in [2.45, 2.75) is 26.3 Å². The molecule has 1 aromatic rings. The molecule has 0 radical (unpaired) electrons. The molecule has 0 bridgehead atoms. The van der Waals surface area contributed by atoms with E-state index in [-0.39, 0.29) is 6.04 Å². The van der Waals surface area contributed by atoms with Crippen LogP contribution in [-0.2, 0) is 0 Å². The fraction of sp³-hybridized carbons (Fsp3) is 0.400. The van der Waals surface area contributed by atoms with Crippen molar-refractivity contribution >= 4 is 0 Å². The average Bonchev–Trinajstić information content (AvgIpc) is 2.10. The van der Waals surface area contributed by atoms with Crippen molar-refractivity contribution in [3.8, 4) is 0 Å². The number of nitrogens with two attached hydrogens (primary N) is 1. The minimum Gasteiger partial charge on any atom is -0.271 e. The molecule has 1 aromatic carbocycles. The SMILES string of the molecule is CCC(NN)c1ccc(C)cc1. The maximum atomic E-state index is 5.40. The number of rotatable bonds is 3. The third-order valence-electron chi connectivity index (χ3n) is 2.09. The van der Waals surface area contributed by atoms with Gasteiger partial charge in [-0.1, -0.05) is 36.8 Å². The molecule has 3 N–H and O–H groups in total. The van der Waals surface area contributed by atoms with E-state index in [9.17, 15) is 0 Å². The van der Waals surface area contributed by atoms with Crippen LogP contribution in [0.5, 0.6) is 0 Å². The Hall–Kier alpha value is -0.860. The van der Waals surface area contributed by atoms with Gasteiger partial charge in [0.2, 0.25) is 0 Å². The summed E-state index contributed by atoms with van der Waals surface area (Å²) in [6.07, 6.45) is 1.01. The van der Waals surface area contributed by atoms with Gasteiger partial charge < -0.3 is 0 Å².